The van der Waals surface area contributed by atoms with Crippen molar-refractivity contribution in [2.75, 3.05) is 0 Å². The molecular formula is C19H39. The van der Waals surface area contributed by atoms with E-state index in [2.05, 4.69) is 13.8 Å². The third-order valence-electron chi connectivity index (χ3n) is 4.10. The fourth-order valence-corrected chi connectivity index (χ4v) is 2.72. The summed E-state index contributed by atoms with van der Waals surface area (Å²) in [5.41, 5.74) is 0. The molecule has 0 heterocycles. The molecule has 0 saturated heterocycles. The minimum Gasteiger partial charge on any atom is -0.0654 e. The average Bonchev–Trinajstić information content (AvgIpc) is 2.43. The van der Waals surface area contributed by atoms with Crippen molar-refractivity contribution in [1.82, 2.24) is 0 Å². The SMILES string of the molecule is [CH2]CCCCCCCCCCCCCCCCCC. The number of hydrogen-bond donors (Lipinski definition) is 0. The van der Waals surface area contributed by atoms with Gasteiger partial charge < -0.3 is 0 Å². The highest BCUT2D eigenvalue weighted by Gasteiger charge is 1.94. The van der Waals surface area contributed by atoms with Gasteiger partial charge >= 0.3 is 0 Å². The monoisotopic (exact) mass is 267 g/mol. The van der Waals surface area contributed by atoms with Gasteiger partial charge in [-0.1, -0.05) is 123 Å². The Morgan fingerprint density at radius 2 is 0.684 bits per heavy atom. The van der Waals surface area contributed by atoms with Crippen LogP contribution < -0.4 is 0 Å². The first-order chi connectivity index (χ1) is 9.41. The summed E-state index contributed by atoms with van der Waals surface area (Å²) in [5, 5.41) is 0. The van der Waals surface area contributed by atoms with Crippen molar-refractivity contribution in [3.05, 3.63) is 6.92 Å². The van der Waals surface area contributed by atoms with E-state index in [1.807, 2.05) is 0 Å². The van der Waals surface area contributed by atoms with Crippen LogP contribution in [0.3, 0.4) is 0 Å². The molecule has 0 heteroatoms. The Labute approximate surface area is 123 Å². The first-order valence-electron chi connectivity index (χ1n) is 9.21. The van der Waals surface area contributed by atoms with Crippen molar-refractivity contribution < 1.29 is 0 Å². The maximum atomic E-state index is 3.89. The van der Waals surface area contributed by atoms with Crippen LogP contribution in [0.15, 0.2) is 0 Å². The summed E-state index contributed by atoms with van der Waals surface area (Å²) < 4.78 is 0. The zero-order chi connectivity index (χ0) is 14.0. The second-order valence-corrected chi connectivity index (χ2v) is 6.16. The third-order valence-corrected chi connectivity index (χ3v) is 4.10. The second-order valence-electron chi connectivity index (χ2n) is 6.16. The zero-order valence-electron chi connectivity index (χ0n) is 13.7. The van der Waals surface area contributed by atoms with Gasteiger partial charge in [-0.15, -0.1) is 0 Å². The summed E-state index contributed by atoms with van der Waals surface area (Å²) in [5.74, 6) is 0. The molecule has 0 amide bonds. The van der Waals surface area contributed by atoms with Crippen LogP contribution in [0.5, 0.6) is 0 Å². The molecule has 0 aromatic heterocycles. The van der Waals surface area contributed by atoms with Crippen LogP contribution in [-0.2, 0) is 0 Å². The fraction of sp³-hybridized carbons (Fsp3) is 0.947. The van der Waals surface area contributed by atoms with Gasteiger partial charge in [0.05, 0.1) is 0 Å². The molecule has 19 heavy (non-hydrogen) atoms. The van der Waals surface area contributed by atoms with E-state index in [0.717, 1.165) is 6.42 Å². The smallest absolute Gasteiger partial charge is 0.0533 e. The van der Waals surface area contributed by atoms with Crippen LogP contribution in [0.1, 0.15) is 116 Å². The number of rotatable bonds is 16. The minimum atomic E-state index is 1.12. The Bertz CT molecular complexity index is 123. The zero-order valence-corrected chi connectivity index (χ0v) is 13.7. The predicted molar refractivity (Wildman–Crippen MR) is 89.5 cm³/mol. The largest absolute Gasteiger partial charge is 0.0654 e. The van der Waals surface area contributed by atoms with Crippen molar-refractivity contribution >= 4 is 0 Å². The molecule has 0 aliphatic heterocycles. The number of hydrogen-bond acceptors (Lipinski definition) is 0. The van der Waals surface area contributed by atoms with Crippen LogP contribution in [0.25, 0.3) is 0 Å². The van der Waals surface area contributed by atoms with Gasteiger partial charge in [-0.3, -0.25) is 0 Å². The Morgan fingerprint density at radius 3 is 0.947 bits per heavy atom. The predicted octanol–water partition coefficient (Wildman–Crippen LogP) is 7.47. The van der Waals surface area contributed by atoms with Gasteiger partial charge in [-0.05, 0) is 0 Å². The highest BCUT2D eigenvalue weighted by Crippen LogP contribution is 2.13. The fourth-order valence-electron chi connectivity index (χ4n) is 2.72. The summed E-state index contributed by atoms with van der Waals surface area (Å²) in [7, 11) is 0. The Morgan fingerprint density at radius 1 is 0.421 bits per heavy atom. The van der Waals surface area contributed by atoms with E-state index in [-0.39, 0.29) is 0 Å². The second kappa shape index (κ2) is 18.0. The van der Waals surface area contributed by atoms with Crippen LogP contribution in [-0.4, -0.2) is 0 Å². The molecule has 0 aromatic carbocycles. The minimum absolute atomic E-state index is 1.12. The van der Waals surface area contributed by atoms with Gasteiger partial charge in [0.2, 0.25) is 0 Å². The standard InChI is InChI=1S/C19H39/c1-3-5-7-9-11-13-15-17-19-18-16-14-12-10-8-6-4-2/h1,3-19H2,2H3. The maximum absolute atomic E-state index is 3.89. The van der Waals surface area contributed by atoms with E-state index in [1.54, 1.807) is 0 Å². The van der Waals surface area contributed by atoms with Gasteiger partial charge in [0.15, 0.2) is 0 Å². The highest BCUT2D eigenvalue weighted by atomic mass is 14.0. The van der Waals surface area contributed by atoms with Crippen molar-refractivity contribution in [2.24, 2.45) is 0 Å². The molecule has 0 bridgehead atoms. The summed E-state index contributed by atoms with van der Waals surface area (Å²) in [6, 6.07) is 0. The van der Waals surface area contributed by atoms with E-state index in [0.29, 0.717) is 0 Å². The molecule has 0 spiro atoms. The molecule has 1 radical (unpaired) electrons. The molecule has 0 saturated carbocycles. The summed E-state index contributed by atoms with van der Waals surface area (Å²) in [4.78, 5) is 0. The summed E-state index contributed by atoms with van der Waals surface area (Å²) >= 11 is 0. The van der Waals surface area contributed by atoms with Crippen LogP contribution >= 0.6 is 0 Å². The molecule has 0 N–H and O–H groups in total. The van der Waals surface area contributed by atoms with Gasteiger partial charge in [-0.2, -0.15) is 0 Å². The van der Waals surface area contributed by atoms with E-state index in [4.69, 9.17) is 0 Å². The van der Waals surface area contributed by atoms with Crippen LogP contribution in [0.4, 0.5) is 0 Å². The molecule has 0 aromatic rings. The topological polar surface area (TPSA) is 0 Å². The Kier molecular flexibility index (Phi) is 18.0. The lowest BCUT2D eigenvalue weighted by Gasteiger charge is -2.03. The molecule has 0 atom stereocenters. The number of unbranched alkanes of at least 4 members (excludes halogenated alkanes) is 16. The Balaban J connectivity index is 2.88. The lowest BCUT2D eigenvalue weighted by Crippen LogP contribution is -1.83. The van der Waals surface area contributed by atoms with Crippen molar-refractivity contribution in [3.8, 4) is 0 Å². The summed E-state index contributed by atoms with van der Waals surface area (Å²) in [6.45, 7) is 6.18. The molecule has 0 nitrogen and oxygen atoms in total. The molecule has 0 fully saturated rings. The van der Waals surface area contributed by atoms with Crippen molar-refractivity contribution in [2.45, 2.75) is 116 Å². The van der Waals surface area contributed by atoms with Crippen LogP contribution in [0, 0.1) is 6.92 Å². The highest BCUT2D eigenvalue weighted by molar-refractivity contribution is 4.50. The molecule has 115 valence electrons. The van der Waals surface area contributed by atoms with E-state index in [9.17, 15) is 0 Å². The molecule has 0 aliphatic carbocycles. The van der Waals surface area contributed by atoms with Crippen LogP contribution in [0.2, 0.25) is 0 Å². The van der Waals surface area contributed by atoms with Gasteiger partial charge in [-0.25, -0.2) is 0 Å². The first-order valence-corrected chi connectivity index (χ1v) is 9.21. The Hall–Kier alpha value is 0. The third kappa shape index (κ3) is 18.0. The van der Waals surface area contributed by atoms with E-state index in [1.165, 1.54) is 103 Å². The quantitative estimate of drug-likeness (QED) is 0.254. The van der Waals surface area contributed by atoms with Gasteiger partial charge in [0.25, 0.3) is 0 Å². The van der Waals surface area contributed by atoms with E-state index >= 15 is 0 Å². The van der Waals surface area contributed by atoms with Gasteiger partial charge in [0, 0.05) is 0 Å². The van der Waals surface area contributed by atoms with Gasteiger partial charge in [0.1, 0.15) is 0 Å². The molecule has 0 rings (SSSR count). The lowest BCUT2D eigenvalue weighted by atomic mass is 10.0. The van der Waals surface area contributed by atoms with Crippen molar-refractivity contribution in [1.29, 1.82) is 0 Å². The normalized spacial score (nSPS) is 11.1. The maximum Gasteiger partial charge on any atom is -0.0533 e. The van der Waals surface area contributed by atoms with Crippen molar-refractivity contribution in [3.63, 3.8) is 0 Å². The average molecular weight is 268 g/mol. The molecule has 0 unspecified atom stereocenters. The first kappa shape index (κ1) is 19.0. The molecular weight excluding hydrogens is 228 g/mol. The molecule has 0 aliphatic rings. The summed E-state index contributed by atoms with van der Waals surface area (Å²) in [6.07, 6.45) is 24.3. The van der Waals surface area contributed by atoms with E-state index < -0.39 is 0 Å². The lowest BCUT2D eigenvalue weighted by molar-refractivity contribution is 0.530.